The molecule has 12 nitrogen and oxygen atoms in total. The van der Waals surface area contributed by atoms with Crippen molar-refractivity contribution < 1.29 is 0 Å². The van der Waals surface area contributed by atoms with Crippen LogP contribution < -0.4 is 0 Å². The minimum Gasteiger partial charge on any atom is -0.256 e. The quantitative estimate of drug-likeness (QED) is 0.146. The van der Waals surface area contributed by atoms with Gasteiger partial charge in [0.15, 0.2) is 0 Å². The lowest BCUT2D eigenvalue weighted by molar-refractivity contribution is 0.755. The maximum absolute atomic E-state index is 5.28. The molecule has 6 aromatic heterocycles. The van der Waals surface area contributed by atoms with Crippen molar-refractivity contribution >= 4 is 0 Å². The van der Waals surface area contributed by atoms with Gasteiger partial charge in [-0.25, -0.2) is 44.9 Å². The molecule has 0 fully saturated rings. The van der Waals surface area contributed by atoms with Gasteiger partial charge in [-0.3, -0.25) is 4.98 Å². The Morgan fingerprint density at radius 3 is 1.45 bits per heavy atom. The first-order chi connectivity index (χ1) is 31.5. The molecular formula is C55H64N12. The van der Waals surface area contributed by atoms with Crippen molar-refractivity contribution in [3.8, 4) is 74.1 Å². The highest BCUT2D eigenvalue weighted by atomic mass is 15.1. The molecule has 344 valence electrons. The molecule has 0 unspecified atom stereocenters. The summed E-state index contributed by atoms with van der Waals surface area (Å²) in [6.45, 7) is 24.8. The molecule has 0 N–H and O–H groups in total. The van der Waals surface area contributed by atoms with Gasteiger partial charge >= 0.3 is 0 Å². The average Bonchev–Trinajstić information content (AvgIpc) is 3.34. The highest BCUT2D eigenvalue weighted by molar-refractivity contribution is 5.36. The standard InChI is InChI=1S/C10H11N.4C9H10N2.C8H9N3.CH4/c1-4-10-9(8(2)3)6-5-7-11-10;1-4-9-8(7(2)3)5-10-6-11-9;1-4-9-10-6-5-8(11-9)7(2)3;1-4-9-8(7(2)3)5-6-10-11-9;1-4-8-9(7(2)3)11-6-5-10-8;1-4-7-9-5-10-8(11-7)6(2)3;/h1,5-8H,2-3H3;4*1,5-7H,2-3H3;1,5-6H,2-3H3;1H4. The van der Waals surface area contributed by atoms with Crippen molar-refractivity contribution in [1.82, 2.24) is 60.0 Å². The third-order valence-corrected chi connectivity index (χ3v) is 8.65. The number of nitrogens with zero attached hydrogens (tertiary/aromatic N) is 12. The predicted molar refractivity (Wildman–Crippen MR) is 271 cm³/mol. The van der Waals surface area contributed by atoms with E-state index in [1.54, 1.807) is 37.2 Å². The van der Waals surface area contributed by atoms with Crippen LogP contribution in [-0.2, 0) is 0 Å². The summed E-state index contributed by atoms with van der Waals surface area (Å²) in [5.41, 5.74) is 7.94. The van der Waals surface area contributed by atoms with E-state index in [0.717, 1.165) is 39.6 Å². The van der Waals surface area contributed by atoms with Crippen LogP contribution in [0.3, 0.4) is 0 Å². The van der Waals surface area contributed by atoms with Gasteiger partial charge in [-0.15, -0.1) is 43.6 Å². The van der Waals surface area contributed by atoms with Gasteiger partial charge in [-0.1, -0.05) is 96.6 Å². The number of terminal acetylenes is 6. The van der Waals surface area contributed by atoms with Gasteiger partial charge < -0.3 is 0 Å². The lowest BCUT2D eigenvalue weighted by atomic mass is 10.0. The first-order valence-electron chi connectivity index (χ1n) is 21.2. The molecule has 0 radical (unpaired) electrons. The molecule has 67 heavy (non-hydrogen) atoms. The summed E-state index contributed by atoms with van der Waals surface area (Å²) in [6.07, 6.45) is 44.3. The molecule has 0 aromatic carbocycles. The number of hydrogen-bond donors (Lipinski definition) is 0. The van der Waals surface area contributed by atoms with Crippen LogP contribution in [0.25, 0.3) is 0 Å². The van der Waals surface area contributed by atoms with E-state index < -0.39 is 0 Å². The Morgan fingerprint density at radius 2 is 0.970 bits per heavy atom. The van der Waals surface area contributed by atoms with Crippen molar-refractivity contribution in [2.45, 2.75) is 126 Å². The van der Waals surface area contributed by atoms with Crippen LogP contribution in [0.1, 0.15) is 194 Å². The molecule has 0 amide bonds. The fraction of sp³-hybridized carbons (Fsp3) is 0.345. The summed E-state index contributed by atoms with van der Waals surface area (Å²) < 4.78 is 0. The molecule has 6 heterocycles. The zero-order valence-corrected chi connectivity index (χ0v) is 40.2. The second-order valence-corrected chi connectivity index (χ2v) is 15.7. The molecule has 6 aromatic rings. The summed E-state index contributed by atoms with van der Waals surface area (Å²) in [5.74, 6) is 18.8. The first-order valence-corrected chi connectivity index (χ1v) is 21.2. The van der Waals surface area contributed by atoms with Crippen LogP contribution in [0.5, 0.6) is 0 Å². The highest BCUT2D eigenvalue weighted by Gasteiger charge is 2.07. The van der Waals surface area contributed by atoms with Gasteiger partial charge in [-0.2, -0.15) is 5.10 Å². The second-order valence-electron chi connectivity index (χ2n) is 15.7. The summed E-state index contributed by atoms with van der Waals surface area (Å²) >= 11 is 0. The van der Waals surface area contributed by atoms with Gasteiger partial charge in [-0.05, 0) is 94.4 Å². The molecular weight excluding hydrogens is 829 g/mol. The zero-order chi connectivity index (χ0) is 49.6. The fourth-order valence-electron chi connectivity index (χ4n) is 5.11. The third-order valence-electron chi connectivity index (χ3n) is 8.65. The molecule has 0 aliphatic carbocycles. The first kappa shape index (κ1) is 58.8. The largest absolute Gasteiger partial charge is 0.256 e. The fourth-order valence-corrected chi connectivity index (χ4v) is 5.11. The van der Waals surface area contributed by atoms with Crippen LogP contribution in [0.15, 0.2) is 74.1 Å². The molecule has 0 atom stereocenters. The van der Waals surface area contributed by atoms with E-state index >= 15 is 0 Å². The van der Waals surface area contributed by atoms with Crippen molar-refractivity contribution in [1.29, 1.82) is 0 Å². The van der Waals surface area contributed by atoms with E-state index in [2.05, 4.69) is 151 Å². The number of rotatable bonds is 6. The molecule has 0 aliphatic heterocycles. The van der Waals surface area contributed by atoms with E-state index in [4.69, 9.17) is 38.5 Å². The Bertz CT molecular complexity index is 2350. The minimum atomic E-state index is 0. The van der Waals surface area contributed by atoms with Gasteiger partial charge in [0, 0.05) is 54.4 Å². The molecule has 6 rings (SSSR count). The van der Waals surface area contributed by atoms with Gasteiger partial charge in [0.25, 0.3) is 0 Å². The second kappa shape index (κ2) is 32.5. The Labute approximate surface area is 401 Å². The normalized spacial score (nSPS) is 9.49. The van der Waals surface area contributed by atoms with Crippen molar-refractivity contribution in [2.24, 2.45) is 0 Å². The van der Waals surface area contributed by atoms with E-state index in [0.29, 0.717) is 64.2 Å². The van der Waals surface area contributed by atoms with Crippen LogP contribution in [0.2, 0.25) is 0 Å². The smallest absolute Gasteiger partial charge is 0.207 e. The zero-order valence-electron chi connectivity index (χ0n) is 40.2. The predicted octanol–water partition coefficient (Wildman–Crippen LogP) is 10.1. The summed E-state index contributed by atoms with van der Waals surface area (Å²) in [6, 6.07) is 7.72. The lowest BCUT2D eigenvalue weighted by Crippen LogP contribution is -2.00. The maximum Gasteiger partial charge on any atom is 0.207 e. The molecule has 0 saturated heterocycles. The van der Waals surface area contributed by atoms with Crippen LogP contribution in [0.4, 0.5) is 0 Å². The number of aromatic nitrogens is 12. The van der Waals surface area contributed by atoms with Crippen molar-refractivity contribution in [2.75, 3.05) is 0 Å². The minimum absolute atomic E-state index is 0. The Morgan fingerprint density at radius 1 is 0.418 bits per heavy atom. The van der Waals surface area contributed by atoms with E-state index in [1.165, 1.54) is 12.7 Å². The SMILES string of the molecule is C.C#Cc1nccc(C(C)C)n1.C#Cc1ncccc1C(C)C.C#Cc1nccnc1C(C)C.C#Cc1ncnc(C(C)C)n1.C#Cc1ncncc1C(C)C.C#Cc1nnccc1C(C)C. The van der Waals surface area contributed by atoms with Gasteiger partial charge in [0.05, 0.1) is 5.69 Å². The molecule has 0 bridgehead atoms. The lowest BCUT2D eigenvalue weighted by Gasteiger charge is -2.05. The number of hydrogen-bond acceptors (Lipinski definition) is 12. The highest BCUT2D eigenvalue weighted by Crippen LogP contribution is 2.17. The molecule has 0 aliphatic rings. The maximum atomic E-state index is 5.28. The number of pyridine rings is 1. The summed E-state index contributed by atoms with van der Waals surface area (Å²) in [4.78, 5) is 39.9. The van der Waals surface area contributed by atoms with Crippen molar-refractivity contribution in [3.63, 3.8) is 0 Å². The van der Waals surface area contributed by atoms with E-state index in [9.17, 15) is 0 Å². The average molecular weight is 893 g/mol. The summed E-state index contributed by atoms with van der Waals surface area (Å²) in [5, 5.41) is 7.54. The van der Waals surface area contributed by atoms with Crippen LogP contribution in [-0.4, -0.2) is 60.0 Å². The molecule has 0 saturated carbocycles. The third kappa shape index (κ3) is 21.4. The monoisotopic (exact) mass is 893 g/mol. The van der Waals surface area contributed by atoms with Gasteiger partial charge in [0.2, 0.25) is 11.6 Å². The Kier molecular flexibility index (Phi) is 28.5. The topological polar surface area (TPSA) is 155 Å². The summed E-state index contributed by atoms with van der Waals surface area (Å²) in [7, 11) is 0. The van der Waals surface area contributed by atoms with E-state index in [-0.39, 0.29) is 7.43 Å². The van der Waals surface area contributed by atoms with E-state index in [1.807, 2.05) is 52.0 Å². The molecule has 12 heteroatoms. The Hall–Kier alpha value is -8.16. The van der Waals surface area contributed by atoms with Crippen LogP contribution >= 0.6 is 0 Å². The Balaban J connectivity index is 0.000000778. The van der Waals surface area contributed by atoms with Crippen LogP contribution in [0, 0.1) is 74.1 Å². The molecule has 0 spiro atoms. The van der Waals surface area contributed by atoms with Crippen molar-refractivity contribution in [3.05, 3.63) is 142 Å². The van der Waals surface area contributed by atoms with Gasteiger partial charge in [0.1, 0.15) is 41.3 Å².